The second-order valence-electron chi connectivity index (χ2n) is 5.76. The normalized spacial score (nSPS) is 16.3. The fraction of sp³-hybridized carbons (Fsp3) is 0.500. The fourth-order valence-electron chi connectivity index (χ4n) is 2.76. The minimum Gasteiger partial charge on any atom is -0.341 e. The van der Waals surface area contributed by atoms with Crippen LogP contribution >= 0.6 is 11.3 Å². The van der Waals surface area contributed by atoms with Crippen LogP contribution in [-0.4, -0.2) is 57.1 Å². The van der Waals surface area contributed by atoms with Crippen molar-refractivity contribution < 1.29 is 4.79 Å². The Kier molecular flexibility index (Phi) is 5.30. The first-order chi connectivity index (χ1) is 11.2. The summed E-state index contributed by atoms with van der Waals surface area (Å²) < 4.78 is 0. The molecular weight excluding hydrogens is 310 g/mol. The number of carbonyl (C=O) groups is 1. The molecule has 7 heteroatoms. The second-order valence-corrected chi connectivity index (χ2v) is 7.03. The van der Waals surface area contributed by atoms with Crippen molar-refractivity contribution in [2.24, 2.45) is 0 Å². The van der Waals surface area contributed by atoms with Gasteiger partial charge in [0.2, 0.25) is 5.91 Å². The molecule has 23 heavy (non-hydrogen) atoms. The number of rotatable bonds is 4. The van der Waals surface area contributed by atoms with Crippen LogP contribution in [0.15, 0.2) is 24.5 Å². The third-order valence-electron chi connectivity index (χ3n) is 3.95. The predicted octanol–water partition coefficient (Wildman–Crippen LogP) is 1.52. The number of carbonyl (C=O) groups excluding carboxylic acids is 1. The van der Waals surface area contributed by atoms with Crippen molar-refractivity contribution in [3.63, 3.8) is 0 Å². The molecule has 3 heterocycles. The van der Waals surface area contributed by atoms with Crippen LogP contribution in [0.3, 0.4) is 0 Å². The Labute approximate surface area is 140 Å². The topological polar surface area (TPSA) is 62.2 Å². The molecule has 3 rings (SSSR count). The van der Waals surface area contributed by atoms with Gasteiger partial charge in [-0.05, 0) is 25.0 Å². The monoisotopic (exact) mass is 331 g/mol. The predicted molar refractivity (Wildman–Crippen MR) is 89.1 cm³/mol. The molecule has 0 N–H and O–H groups in total. The van der Waals surface area contributed by atoms with E-state index in [0.717, 1.165) is 54.7 Å². The van der Waals surface area contributed by atoms with Gasteiger partial charge in [-0.3, -0.25) is 14.7 Å². The van der Waals surface area contributed by atoms with Crippen LogP contribution in [0, 0.1) is 6.92 Å². The highest BCUT2D eigenvalue weighted by Crippen LogP contribution is 2.13. The summed E-state index contributed by atoms with van der Waals surface area (Å²) in [6.07, 6.45) is 4.92. The summed E-state index contributed by atoms with van der Waals surface area (Å²) in [5.41, 5.74) is 0.975. The number of aromatic nitrogens is 3. The van der Waals surface area contributed by atoms with Gasteiger partial charge in [0.05, 0.1) is 13.0 Å². The van der Waals surface area contributed by atoms with Crippen molar-refractivity contribution in [3.05, 3.63) is 40.1 Å². The molecule has 1 aliphatic heterocycles. The molecule has 0 bridgehead atoms. The van der Waals surface area contributed by atoms with E-state index in [9.17, 15) is 4.79 Å². The molecule has 1 aliphatic rings. The van der Waals surface area contributed by atoms with E-state index in [1.165, 1.54) is 0 Å². The van der Waals surface area contributed by atoms with Gasteiger partial charge in [0.1, 0.15) is 10.0 Å². The van der Waals surface area contributed by atoms with E-state index in [0.29, 0.717) is 6.42 Å². The molecule has 0 radical (unpaired) electrons. The largest absolute Gasteiger partial charge is 0.341 e. The summed E-state index contributed by atoms with van der Waals surface area (Å²) in [6, 6.07) is 3.82. The third kappa shape index (κ3) is 4.56. The molecule has 0 aliphatic carbocycles. The highest BCUT2D eigenvalue weighted by molar-refractivity contribution is 7.11. The Balaban J connectivity index is 1.52. The van der Waals surface area contributed by atoms with Crippen LogP contribution in [0.25, 0.3) is 0 Å². The van der Waals surface area contributed by atoms with Crippen LogP contribution in [-0.2, 0) is 17.8 Å². The smallest absolute Gasteiger partial charge is 0.227 e. The van der Waals surface area contributed by atoms with Gasteiger partial charge in [-0.1, -0.05) is 6.07 Å². The Morgan fingerprint density at radius 1 is 1.26 bits per heavy atom. The van der Waals surface area contributed by atoms with E-state index in [-0.39, 0.29) is 5.91 Å². The van der Waals surface area contributed by atoms with E-state index in [4.69, 9.17) is 0 Å². The highest BCUT2D eigenvalue weighted by Gasteiger charge is 2.20. The van der Waals surface area contributed by atoms with Crippen LogP contribution in [0.1, 0.15) is 22.0 Å². The summed E-state index contributed by atoms with van der Waals surface area (Å²) >= 11 is 1.65. The minimum absolute atomic E-state index is 0.187. The van der Waals surface area contributed by atoms with E-state index in [2.05, 4.69) is 20.1 Å². The lowest BCUT2D eigenvalue weighted by Crippen LogP contribution is -2.36. The zero-order valence-electron chi connectivity index (χ0n) is 13.3. The first kappa shape index (κ1) is 16.0. The number of aryl methyl sites for hydroxylation is 1. The van der Waals surface area contributed by atoms with Crippen molar-refractivity contribution in [3.8, 4) is 0 Å². The second kappa shape index (κ2) is 7.61. The molecule has 1 saturated heterocycles. The quantitative estimate of drug-likeness (QED) is 0.850. The minimum atomic E-state index is 0.187. The molecule has 0 atom stereocenters. The van der Waals surface area contributed by atoms with E-state index in [1.54, 1.807) is 23.7 Å². The lowest BCUT2D eigenvalue weighted by atomic mass is 10.2. The Bertz CT molecular complexity index is 645. The first-order valence-corrected chi connectivity index (χ1v) is 8.70. The zero-order valence-corrected chi connectivity index (χ0v) is 14.1. The number of pyridine rings is 1. The molecule has 1 amide bonds. The lowest BCUT2D eigenvalue weighted by Gasteiger charge is -2.21. The molecule has 1 fully saturated rings. The van der Waals surface area contributed by atoms with Crippen LogP contribution < -0.4 is 0 Å². The van der Waals surface area contributed by atoms with Crippen LogP contribution in [0.2, 0.25) is 0 Å². The molecular formula is C16H21N5OS. The van der Waals surface area contributed by atoms with Crippen LogP contribution in [0.5, 0.6) is 0 Å². The van der Waals surface area contributed by atoms with Crippen LogP contribution in [0.4, 0.5) is 0 Å². The number of hydrogen-bond donors (Lipinski definition) is 0. The average molecular weight is 331 g/mol. The maximum atomic E-state index is 12.4. The number of amides is 1. The number of nitrogens with zero attached hydrogens (tertiary/aromatic N) is 5. The van der Waals surface area contributed by atoms with Gasteiger partial charge in [0.25, 0.3) is 0 Å². The van der Waals surface area contributed by atoms with Gasteiger partial charge >= 0.3 is 0 Å². The van der Waals surface area contributed by atoms with Crippen molar-refractivity contribution in [1.29, 1.82) is 0 Å². The maximum Gasteiger partial charge on any atom is 0.227 e. The Morgan fingerprint density at radius 3 is 2.91 bits per heavy atom. The summed E-state index contributed by atoms with van der Waals surface area (Å²) in [4.78, 5) is 20.8. The summed E-state index contributed by atoms with van der Waals surface area (Å²) in [5, 5.41) is 10.3. The summed E-state index contributed by atoms with van der Waals surface area (Å²) in [7, 11) is 0. The summed E-state index contributed by atoms with van der Waals surface area (Å²) in [6.45, 7) is 6.28. The van der Waals surface area contributed by atoms with Crippen molar-refractivity contribution in [2.75, 3.05) is 26.2 Å². The summed E-state index contributed by atoms with van der Waals surface area (Å²) in [5.74, 6) is 0.187. The van der Waals surface area contributed by atoms with Gasteiger partial charge in [-0.25, -0.2) is 0 Å². The molecule has 2 aromatic rings. The average Bonchev–Trinajstić information content (AvgIpc) is 2.82. The molecule has 0 saturated carbocycles. The van der Waals surface area contributed by atoms with E-state index < -0.39 is 0 Å². The fourth-order valence-corrected chi connectivity index (χ4v) is 3.51. The zero-order chi connectivity index (χ0) is 16.1. The van der Waals surface area contributed by atoms with Crippen molar-refractivity contribution in [2.45, 2.75) is 26.3 Å². The Hall–Kier alpha value is -1.86. The Morgan fingerprint density at radius 2 is 2.17 bits per heavy atom. The van der Waals surface area contributed by atoms with Gasteiger partial charge in [-0.2, -0.15) is 0 Å². The maximum absolute atomic E-state index is 12.4. The van der Waals surface area contributed by atoms with Gasteiger partial charge in [-0.15, -0.1) is 21.5 Å². The van der Waals surface area contributed by atoms with Gasteiger partial charge < -0.3 is 4.90 Å². The molecule has 0 aromatic carbocycles. The number of hydrogen-bond acceptors (Lipinski definition) is 6. The highest BCUT2D eigenvalue weighted by atomic mass is 32.1. The molecule has 122 valence electrons. The van der Waals surface area contributed by atoms with E-state index >= 15 is 0 Å². The third-order valence-corrected chi connectivity index (χ3v) is 4.77. The standard InChI is InChI=1S/C16H21N5OS/c1-13-18-19-15(23-13)12-20-6-3-7-21(9-8-20)16(22)10-14-4-2-5-17-11-14/h2,4-5,11H,3,6-10,12H2,1H3. The van der Waals surface area contributed by atoms with Gasteiger partial charge in [0.15, 0.2) is 0 Å². The lowest BCUT2D eigenvalue weighted by molar-refractivity contribution is -0.130. The molecule has 0 unspecified atom stereocenters. The first-order valence-electron chi connectivity index (χ1n) is 7.89. The van der Waals surface area contributed by atoms with E-state index in [1.807, 2.05) is 24.0 Å². The molecule has 0 spiro atoms. The van der Waals surface area contributed by atoms with Gasteiger partial charge in [0, 0.05) is 38.6 Å². The molecule has 6 nitrogen and oxygen atoms in total. The molecule has 2 aromatic heterocycles. The van der Waals surface area contributed by atoms with Crippen molar-refractivity contribution >= 4 is 17.2 Å². The van der Waals surface area contributed by atoms with Crippen molar-refractivity contribution in [1.82, 2.24) is 25.0 Å². The SMILES string of the molecule is Cc1nnc(CN2CCCN(C(=O)Cc3cccnc3)CC2)s1.